The molecule has 4 heterocycles. The minimum Gasteiger partial charge on any atom is -0.468 e. The third-order valence-electron chi connectivity index (χ3n) is 5.17. The average molecular weight is 453 g/mol. The van der Waals surface area contributed by atoms with E-state index in [1.807, 2.05) is 22.2 Å². The number of nitrogens with zero attached hydrogens (tertiary/aromatic N) is 5. The number of nitrogens with one attached hydrogen (secondary N) is 1. The number of aromatic nitrogens is 5. The summed E-state index contributed by atoms with van der Waals surface area (Å²) in [7, 11) is 1.51. The van der Waals surface area contributed by atoms with Gasteiger partial charge < -0.3 is 20.5 Å². The van der Waals surface area contributed by atoms with Gasteiger partial charge >= 0.3 is 17.8 Å². The Bertz CT molecular complexity index is 1290. The highest BCUT2D eigenvalue weighted by Crippen LogP contribution is 2.29. The number of primary amides is 1. The molecule has 0 saturated carbocycles. The topological polar surface area (TPSA) is 121 Å². The number of benzene rings is 1. The molecule has 1 aliphatic heterocycles. The van der Waals surface area contributed by atoms with Gasteiger partial charge in [0.2, 0.25) is 5.82 Å². The number of methoxy groups -OCH3 is 1. The van der Waals surface area contributed by atoms with Gasteiger partial charge in [-0.1, -0.05) is 12.1 Å². The first-order valence-electron chi connectivity index (χ1n) is 10.2. The molecule has 1 amide bonds. The number of hydrogen-bond donors (Lipinski definition) is 2. The number of para-hydroxylation sites is 1. The van der Waals surface area contributed by atoms with Crippen molar-refractivity contribution in [3.63, 3.8) is 0 Å². The molecule has 0 saturated heterocycles. The van der Waals surface area contributed by atoms with Crippen LogP contribution in [0.25, 0.3) is 17.0 Å². The molecule has 0 fully saturated rings. The van der Waals surface area contributed by atoms with Crippen LogP contribution in [-0.2, 0) is 13.1 Å². The Hall–Kier alpha value is -3.73. The fraction of sp³-hybridized carbons (Fsp3) is 0.286. The van der Waals surface area contributed by atoms with Crippen molar-refractivity contribution < 1.29 is 19.0 Å². The number of thiophene rings is 1. The van der Waals surface area contributed by atoms with Gasteiger partial charge in [-0.05, 0) is 34.7 Å². The standard InChI is InChI=1S/C21H21N7O3S/c1-30-21-24-16-14(17(22)29)7-4-8-15(16)28(21)20-25-18(23-12-13-6-5-11-32-13)19-27(26-20)9-2-3-10-31-19/h4-8,11H,2-3,9-10,12H2,1H3,(H2-,22,23,25,26,29)/p+1. The molecule has 0 aliphatic carbocycles. The van der Waals surface area contributed by atoms with Crippen molar-refractivity contribution in [3.05, 3.63) is 46.2 Å². The number of fused-ring (bicyclic) bond motifs is 2. The van der Waals surface area contributed by atoms with Crippen molar-refractivity contribution >= 4 is 34.1 Å². The Morgan fingerprint density at radius 2 is 2.22 bits per heavy atom. The number of imidazole rings is 1. The molecular weight excluding hydrogens is 430 g/mol. The van der Waals surface area contributed by atoms with E-state index in [4.69, 9.17) is 25.3 Å². The molecule has 0 spiro atoms. The maximum absolute atomic E-state index is 11.9. The van der Waals surface area contributed by atoms with Gasteiger partial charge in [-0.15, -0.1) is 11.3 Å². The molecule has 0 atom stereocenters. The molecule has 1 aliphatic rings. The van der Waals surface area contributed by atoms with Crippen LogP contribution < -0.4 is 25.2 Å². The lowest BCUT2D eigenvalue weighted by atomic mass is 10.2. The first kappa shape index (κ1) is 20.2. The van der Waals surface area contributed by atoms with Gasteiger partial charge in [0, 0.05) is 16.4 Å². The third kappa shape index (κ3) is 3.60. The molecule has 11 heteroatoms. The smallest absolute Gasteiger partial charge is 0.437 e. The number of carbonyl (C=O) groups excluding carboxylic acids is 1. The van der Waals surface area contributed by atoms with Crippen molar-refractivity contribution in [2.24, 2.45) is 5.73 Å². The first-order chi connectivity index (χ1) is 15.7. The van der Waals surface area contributed by atoms with Crippen LogP contribution >= 0.6 is 11.3 Å². The number of carbonyl (C=O) groups is 1. The van der Waals surface area contributed by atoms with Crippen molar-refractivity contribution in [1.29, 1.82) is 0 Å². The number of amides is 1. The van der Waals surface area contributed by atoms with Gasteiger partial charge in [0.05, 0.1) is 31.3 Å². The molecule has 5 rings (SSSR count). The summed E-state index contributed by atoms with van der Waals surface area (Å²) in [5.41, 5.74) is 6.91. The highest BCUT2D eigenvalue weighted by Gasteiger charge is 2.29. The van der Waals surface area contributed by atoms with E-state index in [0.717, 1.165) is 12.8 Å². The summed E-state index contributed by atoms with van der Waals surface area (Å²) in [5, 5.41) is 10.1. The summed E-state index contributed by atoms with van der Waals surface area (Å²) in [4.78, 5) is 22.3. The predicted octanol–water partition coefficient (Wildman–Crippen LogP) is 2.06. The zero-order valence-electron chi connectivity index (χ0n) is 17.4. The van der Waals surface area contributed by atoms with Crippen LogP contribution in [0.2, 0.25) is 0 Å². The second-order valence-electron chi connectivity index (χ2n) is 7.25. The maximum atomic E-state index is 11.9. The number of aryl methyl sites for hydroxylation is 1. The van der Waals surface area contributed by atoms with Gasteiger partial charge in [0.15, 0.2) is 6.54 Å². The van der Waals surface area contributed by atoms with Crippen molar-refractivity contribution in [2.45, 2.75) is 25.9 Å². The lowest BCUT2D eigenvalue weighted by molar-refractivity contribution is -0.755. The summed E-state index contributed by atoms with van der Waals surface area (Å²) in [5.74, 6) is 0.977. The minimum atomic E-state index is -0.563. The lowest BCUT2D eigenvalue weighted by Crippen LogP contribution is -2.41. The van der Waals surface area contributed by atoms with Crippen LogP contribution in [0.3, 0.4) is 0 Å². The van der Waals surface area contributed by atoms with Crippen molar-refractivity contribution in [3.8, 4) is 17.8 Å². The number of ether oxygens (including phenoxy) is 2. The average Bonchev–Trinajstić information content (AvgIpc) is 3.38. The van der Waals surface area contributed by atoms with Crippen LogP contribution in [0.15, 0.2) is 35.7 Å². The number of rotatable bonds is 6. The largest absolute Gasteiger partial charge is 0.468 e. The molecule has 4 aromatic rings. The summed E-state index contributed by atoms with van der Waals surface area (Å²) in [6.07, 6.45) is 1.87. The van der Waals surface area contributed by atoms with E-state index in [9.17, 15) is 4.79 Å². The normalized spacial score (nSPS) is 13.3. The molecule has 32 heavy (non-hydrogen) atoms. The first-order valence-corrected chi connectivity index (χ1v) is 11.1. The monoisotopic (exact) mass is 452 g/mol. The molecular formula is C21H22N7O3S+. The highest BCUT2D eigenvalue weighted by atomic mass is 32.1. The Balaban J connectivity index is 1.67. The van der Waals surface area contributed by atoms with Crippen LogP contribution in [0, 0.1) is 0 Å². The number of nitrogens with two attached hydrogens (primary N) is 1. The molecule has 1 aromatic carbocycles. The van der Waals surface area contributed by atoms with Gasteiger partial charge in [-0.2, -0.15) is 9.97 Å². The van der Waals surface area contributed by atoms with E-state index in [1.165, 1.54) is 12.0 Å². The predicted molar refractivity (Wildman–Crippen MR) is 118 cm³/mol. The van der Waals surface area contributed by atoms with Gasteiger partial charge in [-0.3, -0.25) is 4.79 Å². The quantitative estimate of drug-likeness (QED) is 0.430. The van der Waals surface area contributed by atoms with E-state index >= 15 is 0 Å². The maximum Gasteiger partial charge on any atom is 0.437 e. The summed E-state index contributed by atoms with van der Waals surface area (Å²) in [6.45, 7) is 1.91. The Labute approximate surface area is 187 Å². The number of anilines is 1. The summed E-state index contributed by atoms with van der Waals surface area (Å²) >= 11 is 1.67. The lowest BCUT2D eigenvalue weighted by Gasteiger charge is -2.10. The molecule has 0 unspecified atom stereocenters. The molecule has 0 radical (unpaired) electrons. The van der Waals surface area contributed by atoms with Crippen LogP contribution in [0.5, 0.6) is 11.9 Å². The fourth-order valence-electron chi connectivity index (χ4n) is 3.67. The molecule has 0 bridgehead atoms. The number of hydrogen-bond acceptors (Lipinski definition) is 8. The van der Waals surface area contributed by atoms with Gasteiger partial charge in [0.25, 0.3) is 5.91 Å². The molecule has 10 nitrogen and oxygen atoms in total. The molecule has 164 valence electrons. The van der Waals surface area contributed by atoms with Crippen LogP contribution in [-0.4, -0.2) is 39.3 Å². The fourth-order valence-corrected chi connectivity index (χ4v) is 4.32. The zero-order valence-corrected chi connectivity index (χ0v) is 18.3. The summed E-state index contributed by atoms with van der Waals surface area (Å²) in [6, 6.07) is 9.53. The van der Waals surface area contributed by atoms with E-state index in [-0.39, 0.29) is 6.01 Å². The second kappa shape index (κ2) is 8.42. The van der Waals surface area contributed by atoms with Gasteiger partial charge in [-0.25, -0.2) is 4.57 Å². The second-order valence-corrected chi connectivity index (χ2v) is 8.28. The van der Waals surface area contributed by atoms with Crippen molar-refractivity contribution in [2.75, 3.05) is 19.0 Å². The Morgan fingerprint density at radius 1 is 1.31 bits per heavy atom. The minimum absolute atomic E-state index is 0.257. The Morgan fingerprint density at radius 3 is 3.00 bits per heavy atom. The van der Waals surface area contributed by atoms with Crippen LogP contribution in [0.4, 0.5) is 5.82 Å². The van der Waals surface area contributed by atoms with Crippen LogP contribution in [0.1, 0.15) is 28.1 Å². The Kier molecular flexibility index (Phi) is 5.31. The third-order valence-corrected chi connectivity index (χ3v) is 6.05. The van der Waals surface area contributed by atoms with E-state index in [0.29, 0.717) is 53.9 Å². The van der Waals surface area contributed by atoms with Crippen molar-refractivity contribution in [1.82, 2.24) is 19.6 Å². The summed E-state index contributed by atoms with van der Waals surface area (Å²) < 4.78 is 15.0. The molecule has 3 aromatic heterocycles. The van der Waals surface area contributed by atoms with E-state index in [2.05, 4.69) is 16.4 Å². The molecule has 3 N–H and O–H groups in total. The highest BCUT2D eigenvalue weighted by molar-refractivity contribution is 7.09. The van der Waals surface area contributed by atoms with E-state index in [1.54, 1.807) is 28.0 Å². The zero-order chi connectivity index (χ0) is 22.1. The SMILES string of the molecule is COc1nc2c(C(N)=O)cccc2n1-c1nc(NCc2cccs2)c2[n+](n1)CCCCO2. The van der Waals surface area contributed by atoms with E-state index < -0.39 is 5.91 Å². The van der Waals surface area contributed by atoms with Gasteiger partial charge in [0.1, 0.15) is 5.52 Å².